The highest BCUT2D eigenvalue weighted by Crippen LogP contribution is 2.45. The minimum absolute atomic E-state index is 0.0565. The van der Waals surface area contributed by atoms with Gasteiger partial charge in [0.15, 0.2) is 17.5 Å². The standard InChI is InChI=1S/C35H38F7NO/c1-2-3-4-5-21-6-8-22(9-7-21)23-10-12-24(13-11-23)25-14-15-32(43-20-25)26-16-28(36)33(29(37)17-26)35(41,42)44-27-18-30(38)34(40)31(39)19-27/h14-24H,2-13H2,1H3. The lowest BCUT2D eigenvalue weighted by atomic mass is 9.68. The highest BCUT2D eigenvalue weighted by molar-refractivity contribution is 5.60. The van der Waals surface area contributed by atoms with E-state index in [1.54, 1.807) is 12.3 Å². The molecule has 2 aromatic carbocycles. The van der Waals surface area contributed by atoms with Gasteiger partial charge in [0.2, 0.25) is 0 Å². The molecule has 0 bridgehead atoms. The van der Waals surface area contributed by atoms with E-state index in [0.29, 0.717) is 18.1 Å². The molecular formula is C35H38F7NO. The summed E-state index contributed by atoms with van der Waals surface area (Å²) < 4.78 is 103. The van der Waals surface area contributed by atoms with Gasteiger partial charge in [-0.25, -0.2) is 22.0 Å². The van der Waals surface area contributed by atoms with Crippen LogP contribution in [0.5, 0.6) is 5.75 Å². The summed E-state index contributed by atoms with van der Waals surface area (Å²) in [6, 6.07) is 5.21. The Morgan fingerprint density at radius 1 is 0.750 bits per heavy atom. The van der Waals surface area contributed by atoms with Crippen molar-refractivity contribution in [2.24, 2.45) is 17.8 Å². The van der Waals surface area contributed by atoms with Crippen LogP contribution in [0.3, 0.4) is 0 Å². The average molecular weight is 622 g/mol. The molecule has 0 aliphatic heterocycles. The smallest absolute Gasteiger partial charge is 0.429 e. The summed E-state index contributed by atoms with van der Waals surface area (Å²) in [5.41, 5.74) is -0.554. The number of benzene rings is 2. The molecule has 0 N–H and O–H groups in total. The van der Waals surface area contributed by atoms with Crippen LogP contribution in [-0.4, -0.2) is 4.98 Å². The van der Waals surface area contributed by atoms with Crippen molar-refractivity contribution < 1.29 is 35.5 Å². The zero-order valence-electron chi connectivity index (χ0n) is 24.8. The Morgan fingerprint density at radius 2 is 1.34 bits per heavy atom. The fraction of sp³-hybridized carbons (Fsp3) is 0.514. The van der Waals surface area contributed by atoms with E-state index in [1.807, 2.05) is 6.07 Å². The van der Waals surface area contributed by atoms with Crippen LogP contribution >= 0.6 is 0 Å². The largest absolute Gasteiger partial charge is 0.432 e. The van der Waals surface area contributed by atoms with Crippen LogP contribution in [-0.2, 0) is 6.11 Å². The molecule has 2 saturated carbocycles. The Hall–Kier alpha value is -3.10. The third kappa shape index (κ3) is 7.40. The number of ether oxygens (including phenoxy) is 1. The molecule has 238 valence electrons. The monoisotopic (exact) mass is 621 g/mol. The summed E-state index contributed by atoms with van der Waals surface area (Å²) in [6.45, 7) is 2.25. The van der Waals surface area contributed by atoms with Crippen LogP contribution < -0.4 is 4.74 Å². The molecule has 0 saturated heterocycles. The maximum Gasteiger partial charge on any atom is 0.432 e. The maximum atomic E-state index is 14.8. The minimum atomic E-state index is -4.65. The van der Waals surface area contributed by atoms with E-state index in [0.717, 1.165) is 36.2 Å². The van der Waals surface area contributed by atoms with Crippen LogP contribution in [0.15, 0.2) is 42.6 Å². The lowest BCUT2D eigenvalue weighted by Gasteiger charge is -2.38. The number of pyridine rings is 1. The van der Waals surface area contributed by atoms with Crippen molar-refractivity contribution in [1.82, 2.24) is 4.98 Å². The highest BCUT2D eigenvalue weighted by Gasteiger charge is 2.41. The zero-order chi connectivity index (χ0) is 31.4. The summed E-state index contributed by atoms with van der Waals surface area (Å²) >= 11 is 0. The molecule has 0 radical (unpaired) electrons. The fourth-order valence-electron chi connectivity index (χ4n) is 7.16. The van der Waals surface area contributed by atoms with Crippen molar-refractivity contribution in [2.45, 2.75) is 96.0 Å². The van der Waals surface area contributed by atoms with Crippen LogP contribution in [0.25, 0.3) is 11.3 Å². The molecule has 3 aromatic rings. The summed E-state index contributed by atoms with van der Waals surface area (Å²) in [5, 5.41) is 0. The van der Waals surface area contributed by atoms with Crippen molar-refractivity contribution in [3.63, 3.8) is 0 Å². The Morgan fingerprint density at radius 3 is 1.89 bits per heavy atom. The van der Waals surface area contributed by atoms with E-state index in [-0.39, 0.29) is 23.4 Å². The van der Waals surface area contributed by atoms with Gasteiger partial charge in [-0.1, -0.05) is 51.5 Å². The summed E-state index contributed by atoms with van der Waals surface area (Å²) in [7, 11) is 0. The molecule has 2 aliphatic carbocycles. The van der Waals surface area contributed by atoms with Crippen molar-refractivity contribution in [2.75, 3.05) is 0 Å². The van der Waals surface area contributed by atoms with Crippen LogP contribution in [0.1, 0.15) is 101 Å². The van der Waals surface area contributed by atoms with Gasteiger partial charge >= 0.3 is 6.11 Å². The number of hydrogen-bond donors (Lipinski definition) is 0. The van der Waals surface area contributed by atoms with E-state index in [2.05, 4.69) is 16.6 Å². The van der Waals surface area contributed by atoms with Gasteiger partial charge in [-0.15, -0.1) is 0 Å². The molecule has 0 unspecified atom stereocenters. The topological polar surface area (TPSA) is 22.1 Å². The second kappa shape index (κ2) is 13.9. The van der Waals surface area contributed by atoms with E-state index in [4.69, 9.17) is 0 Å². The predicted molar refractivity (Wildman–Crippen MR) is 155 cm³/mol. The predicted octanol–water partition coefficient (Wildman–Crippen LogP) is 11.2. The minimum Gasteiger partial charge on any atom is -0.429 e. The van der Waals surface area contributed by atoms with Crippen molar-refractivity contribution >= 4 is 0 Å². The van der Waals surface area contributed by atoms with E-state index >= 15 is 0 Å². The molecular weight excluding hydrogens is 583 g/mol. The summed E-state index contributed by atoms with van der Waals surface area (Å²) in [6.07, 6.45) is 12.3. The Kier molecular flexibility index (Phi) is 10.2. The van der Waals surface area contributed by atoms with E-state index in [9.17, 15) is 30.7 Å². The summed E-state index contributed by atoms with van der Waals surface area (Å²) in [4.78, 5) is 4.37. The molecule has 0 atom stereocenters. The van der Waals surface area contributed by atoms with E-state index < -0.39 is 46.5 Å². The SMILES string of the molecule is CCCCCC1CCC(C2CCC(c3ccc(-c4cc(F)c(C(F)(F)Oc5cc(F)c(F)c(F)c5)c(F)c4)nc3)CC2)CC1. The number of unbranched alkanes of at least 4 members (excludes halogenated alkanes) is 2. The van der Waals surface area contributed by atoms with Gasteiger partial charge in [0.1, 0.15) is 22.9 Å². The Labute approximate surface area is 254 Å². The van der Waals surface area contributed by atoms with Crippen molar-refractivity contribution in [3.8, 4) is 17.0 Å². The molecule has 5 rings (SSSR count). The van der Waals surface area contributed by atoms with E-state index in [1.165, 1.54) is 64.2 Å². The second-order valence-electron chi connectivity index (χ2n) is 12.5. The van der Waals surface area contributed by atoms with Gasteiger partial charge in [0.05, 0.1) is 5.69 Å². The highest BCUT2D eigenvalue weighted by atomic mass is 19.3. The fourth-order valence-corrected chi connectivity index (χ4v) is 7.16. The molecule has 2 fully saturated rings. The first-order valence-electron chi connectivity index (χ1n) is 15.7. The molecule has 1 heterocycles. The number of hydrogen-bond acceptors (Lipinski definition) is 2. The van der Waals surface area contributed by atoms with Gasteiger partial charge in [-0.2, -0.15) is 8.78 Å². The van der Waals surface area contributed by atoms with Gasteiger partial charge < -0.3 is 4.74 Å². The number of alkyl halides is 2. The Bertz CT molecular complexity index is 1370. The van der Waals surface area contributed by atoms with Crippen molar-refractivity contribution in [1.29, 1.82) is 0 Å². The quantitative estimate of drug-likeness (QED) is 0.128. The third-order valence-electron chi connectivity index (χ3n) is 9.64. The van der Waals surface area contributed by atoms with Gasteiger partial charge in [0, 0.05) is 23.9 Å². The normalized spacial score (nSPS) is 22.6. The van der Waals surface area contributed by atoms with Crippen molar-refractivity contribution in [3.05, 3.63) is 82.8 Å². The van der Waals surface area contributed by atoms with Gasteiger partial charge in [-0.05, 0) is 86.0 Å². The van der Waals surface area contributed by atoms with Crippen LogP contribution in [0, 0.1) is 46.8 Å². The number of nitrogens with zero attached hydrogens (tertiary/aromatic N) is 1. The number of aromatic nitrogens is 1. The molecule has 0 spiro atoms. The first-order chi connectivity index (χ1) is 21.1. The first-order valence-corrected chi connectivity index (χ1v) is 15.7. The molecule has 1 aromatic heterocycles. The molecule has 2 nitrogen and oxygen atoms in total. The number of rotatable bonds is 10. The maximum absolute atomic E-state index is 14.8. The molecule has 0 amide bonds. The lowest BCUT2D eigenvalue weighted by Crippen LogP contribution is -2.25. The molecule has 2 aliphatic rings. The Balaban J connectivity index is 1.19. The molecule has 44 heavy (non-hydrogen) atoms. The second-order valence-corrected chi connectivity index (χ2v) is 12.5. The molecule has 9 heteroatoms. The summed E-state index contributed by atoms with van der Waals surface area (Å²) in [5.74, 6) is -7.02. The lowest BCUT2D eigenvalue weighted by molar-refractivity contribution is -0.189. The average Bonchev–Trinajstić information content (AvgIpc) is 3.00. The van der Waals surface area contributed by atoms with Gasteiger partial charge in [0.25, 0.3) is 0 Å². The van der Waals surface area contributed by atoms with Crippen LogP contribution in [0.4, 0.5) is 30.7 Å². The third-order valence-corrected chi connectivity index (χ3v) is 9.64. The van der Waals surface area contributed by atoms with Gasteiger partial charge in [-0.3, -0.25) is 4.98 Å². The number of halogens is 7. The zero-order valence-corrected chi connectivity index (χ0v) is 24.8. The first kappa shape index (κ1) is 32.3. The van der Waals surface area contributed by atoms with Crippen LogP contribution in [0.2, 0.25) is 0 Å².